The van der Waals surface area contributed by atoms with Crippen LogP contribution in [0.2, 0.25) is 0 Å². The van der Waals surface area contributed by atoms with Gasteiger partial charge in [-0.2, -0.15) is 0 Å². The molecule has 0 heterocycles. The average Bonchev–Trinajstić information content (AvgIpc) is 0. The van der Waals surface area contributed by atoms with Gasteiger partial charge in [0.25, 0.3) is 0 Å². The molecule has 0 fully saturated rings. The molecule has 0 rings (SSSR count). The van der Waals surface area contributed by atoms with Crippen molar-refractivity contribution in [3.8, 4) is 0 Å². The summed E-state index contributed by atoms with van der Waals surface area (Å²) in [6.45, 7) is 0. The van der Waals surface area contributed by atoms with E-state index < -0.39 is 0 Å². The summed E-state index contributed by atoms with van der Waals surface area (Å²) in [5, 5.41) is 0. The Morgan fingerprint density at radius 3 is 1.00 bits per heavy atom. The van der Waals surface area contributed by atoms with E-state index >= 15 is 0 Å². The van der Waals surface area contributed by atoms with E-state index in [1.54, 1.807) is 0 Å². The molecule has 0 unspecified atom stereocenters. The van der Waals surface area contributed by atoms with Crippen LogP contribution >= 0.6 is 0 Å². The predicted octanol–water partition coefficient (Wildman–Crippen LogP) is -2.10. The maximum atomic E-state index is 0. The minimum absolute atomic E-state index is 0. The van der Waals surface area contributed by atoms with Crippen LogP contribution in [0.4, 0.5) is 0 Å². The van der Waals surface area contributed by atoms with Crippen molar-refractivity contribution >= 4 is 48.3 Å². The SMILES string of the molecule is [Gd].[Ni].[SbH3].[SnH2]. The van der Waals surface area contributed by atoms with Gasteiger partial charge in [-0.3, -0.25) is 0 Å². The van der Waals surface area contributed by atoms with Crippen LogP contribution in [0.1, 0.15) is 0 Å². The molecule has 2 radical (unpaired) electrons. The molecule has 4 heteroatoms. The van der Waals surface area contributed by atoms with E-state index in [4.69, 9.17) is 0 Å². The third-order valence-corrected chi connectivity index (χ3v) is 0. The molecule has 0 spiro atoms. The normalized spacial score (nSPS) is 0. The van der Waals surface area contributed by atoms with E-state index in [-0.39, 0.29) is 105 Å². The summed E-state index contributed by atoms with van der Waals surface area (Å²) in [5.74, 6) is 0. The molecule has 0 aromatic heterocycles. The maximum absolute atomic E-state index is 0. The first-order chi connectivity index (χ1) is 0. The number of hydrogen-bond acceptors (Lipinski definition) is 0. The fourth-order valence-electron chi connectivity index (χ4n) is 0. The number of hydrogen-bond donors (Lipinski definition) is 0. The summed E-state index contributed by atoms with van der Waals surface area (Å²) in [6.07, 6.45) is 0. The second-order valence-corrected chi connectivity index (χ2v) is 0. The number of rotatable bonds is 0. The van der Waals surface area contributed by atoms with E-state index in [0.29, 0.717) is 0 Å². The first-order valence-corrected chi connectivity index (χ1v) is 0. The first-order valence-electron chi connectivity index (χ1n) is 0. The second-order valence-electron chi connectivity index (χ2n) is 0. The van der Waals surface area contributed by atoms with E-state index in [0.717, 1.165) is 0 Å². The van der Waals surface area contributed by atoms with Crippen molar-refractivity contribution in [1.82, 2.24) is 0 Å². The summed E-state index contributed by atoms with van der Waals surface area (Å²) < 4.78 is 0. The fourth-order valence-corrected chi connectivity index (χ4v) is 0. The van der Waals surface area contributed by atoms with Gasteiger partial charge in [-0.1, -0.05) is 0 Å². The third kappa shape index (κ3) is 9.06. The Balaban J connectivity index is 0. The van der Waals surface area contributed by atoms with Crippen LogP contribution in [0.5, 0.6) is 0 Å². The molecule has 0 aliphatic rings. The van der Waals surface area contributed by atoms with Crippen molar-refractivity contribution in [1.29, 1.82) is 0 Å². The van der Waals surface area contributed by atoms with Crippen molar-refractivity contribution in [2.24, 2.45) is 0 Å². The van der Waals surface area contributed by atoms with Crippen LogP contribution in [0.3, 0.4) is 0 Å². The second kappa shape index (κ2) is 16.1. The Labute approximate surface area is 102 Å². The zero-order valence-electron chi connectivity index (χ0n) is 2.08. The first kappa shape index (κ1) is 26.1. The third-order valence-electron chi connectivity index (χ3n) is 0. The van der Waals surface area contributed by atoms with E-state index in [2.05, 4.69) is 0 Å². The molecule has 0 bridgehead atoms. The fraction of sp³-hybridized carbons (Fsp3) is 0. The monoisotopic (exact) mass is 462 g/mol. The van der Waals surface area contributed by atoms with Crippen LogP contribution in [-0.2, 0) is 16.5 Å². The molecule has 0 N–H and O–H groups in total. The van der Waals surface area contributed by atoms with Gasteiger partial charge in [-0.15, -0.1) is 0 Å². The summed E-state index contributed by atoms with van der Waals surface area (Å²) >= 11 is 0. The Morgan fingerprint density at radius 2 is 1.00 bits per heavy atom. The molecule has 0 aliphatic heterocycles. The molecular weight excluding hydrogens is 456 g/mol. The molecule has 0 amide bonds. The van der Waals surface area contributed by atoms with Crippen molar-refractivity contribution in [3.05, 3.63) is 0 Å². The van der Waals surface area contributed by atoms with Gasteiger partial charge in [0, 0.05) is 56.4 Å². The minimum atomic E-state index is 0. The zero-order chi connectivity index (χ0) is 0. The van der Waals surface area contributed by atoms with Crippen LogP contribution in [-0.4, -0.2) is 48.3 Å². The summed E-state index contributed by atoms with van der Waals surface area (Å²) in [5.41, 5.74) is 0. The van der Waals surface area contributed by atoms with Crippen molar-refractivity contribution in [2.75, 3.05) is 0 Å². The van der Waals surface area contributed by atoms with Crippen molar-refractivity contribution in [2.45, 2.75) is 0 Å². The quantitative estimate of drug-likeness (QED) is 0.363. The van der Waals surface area contributed by atoms with Gasteiger partial charge in [-0.05, 0) is 0 Å². The standard InChI is InChI=1S/Gd.Ni.Sb.Sn.5H. The van der Waals surface area contributed by atoms with Crippen LogP contribution < -0.4 is 0 Å². The molecule has 0 aromatic carbocycles. The Morgan fingerprint density at radius 1 is 1.00 bits per heavy atom. The van der Waals surface area contributed by atoms with Gasteiger partial charge < -0.3 is 0 Å². The van der Waals surface area contributed by atoms with Crippen LogP contribution in [0.25, 0.3) is 0 Å². The molecule has 0 saturated carbocycles. The van der Waals surface area contributed by atoms with Crippen LogP contribution in [0, 0.1) is 39.9 Å². The van der Waals surface area contributed by atoms with Gasteiger partial charge in [-0.25, -0.2) is 0 Å². The summed E-state index contributed by atoms with van der Waals surface area (Å²) in [4.78, 5) is 0. The summed E-state index contributed by atoms with van der Waals surface area (Å²) in [6, 6.07) is 0. The molecule has 0 saturated heterocycles. The summed E-state index contributed by atoms with van der Waals surface area (Å²) in [7, 11) is 0. The zero-order valence-corrected chi connectivity index (χ0v) is 13.4. The Kier molecular flexibility index (Phi) is 105. The molecule has 0 nitrogen and oxygen atoms in total. The molecular formula is H5GdNiSbSn. The molecule has 0 atom stereocenters. The Bertz CT molecular complexity index is 8.00. The topological polar surface area (TPSA) is 0 Å². The van der Waals surface area contributed by atoms with Crippen molar-refractivity contribution < 1.29 is 56.4 Å². The van der Waals surface area contributed by atoms with Gasteiger partial charge in [0.2, 0.25) is 0 Å². The van der Waals surface area contributed by atoms with E-state index in [9.17, 15) is 0 Å². The van der Waals surface area contributed by atoms with Crippen molar-refractivity contribution in [3.63, 3.8) is 0 Å². The molecule has 0 aromatic rings. The van der Waals surface area contributed by atoms with E-state index in [1.165, 1.54) is 0 Å². The van der Waals surface area contributed by atoms with E-state index in [1.807, 2.05) is 0 Å². The van der Waals surface area contributed by atoms with Gasteiger partial charge in [0.05, 0.1) is 0 Å². The Hall–Kier alpha value is 3.44. The predicted molar refractivity (Wildman–Crippen MR) is 18.5 cm³/mol. The molecule has 0 aliphatic carbocycles. The average molecular weight is 461 g/mol. The van der Waals surface area contributed by atoms with Gasteiger partial charge >= 0.3 is 48.3 Å². The van der Waals surface area contributed by atoms with Gasteiger partial charge in [0.15, 0.2) is 0 Å². The van der Waals surface area contributed by atoms with Crippen LogP contribution in [0.15, 0.2) is 0 Å². The molecule has 32 valence electrons. The molecule has 4 heavy (non-hydrogen) atoms. The van der Waals surface area contributed by atoms with Gasteiger partial charge in [0.1, 0.15) is 0 Å².